The molecule has 1 unspecified atom stereocenters. The standard InChI is InChI=1S/C25H29F3N2O3/c1-24(2,3)33-23(31)30-13-11-19(16-30)29-14-12-21-17(15-29)5-4-6-22(21)32-20-9-7-18(8-10-20)25(26,27)28/h4-10,19H,11-16H2,1-3H3. The number of nitrogens with zero attached hydrogens (tertiary/aromatic N) is 2. The molecule has 0 spiro atoms. The van der Waals surface area contributed by atoms with Gasteiger partial charge in [0.25, 0.3) is 0 Å². The van der Waals surface area contributed by atoms with E-state index < -0.39 is 17.3 Å². The lowest BCUT2D eigenvalue weighted by Crippen LogP contribution is -2.42. The van der Waals surface area contributed by atoms with Crippen LogP contribution in [0.25, 0.3) is 0 Å². The molecule has 1 atom stereocenters. The maximum Gasteiger partial charge on any atom is 0.416 e. The van der Waals surface area contributed by atoms with Gasteiger partial charge in [-0.25, -0.2) is 4.79 Å². The summed E-state index contributed by atoms with van der Waals surface area (Å²) >= 11 is 0. The van der Waals surface area contributed by atoms with E-state index in [0.717, 1.165) is 49.2 Å². The van der Waals surface area contributed by atoms with Crippen LogP contribution in [0.4, 0.5) is 18.0 Å². The fraction of sp³-hybridized carbons (Fsp3) is 0.480. The molecule has 0 saturated carbocycles. The second-order valence-electron chi connectivity index (χ2n) is 9.61. The highest BCUT2D eigenvalue weighted by atomic mass is 19.4. The van der Waals surface area contributed by atoms with Crippen LogP contribution < -0.4 is 4.74 Å². The van der Waals surface area contributed by atoms with Crippen molar-refractivity contribution in [3.05, 3.63) is 59.2 Å². The predicted molar refractivity (Wildman–Crippen MR) is 118 cm³/mol. The largest absolute Gasteiger partial charge is 0.457 e. The molecule has 4 rings (SSSR count). The number of ether oxygens (including phenoxy) is 2. The predicted octanol–water partition coefficient (Wildman–Crippen LogP) is 5.87. The van der Waals surface area contributed by atoms with Crippen molar-refractivity contribution in [1.29, 1.82) is 0 Å². The second kappa shape index (κ2) is 8.89. The van der Waals surface area contributed by atoms with Crippen LogP contribution in [0.15, 0.2) is 42.5 Å². The van der Waals surface area contributed by atoms with Crippen molar-refractivity contribution in [3.8, 4) is 11.5 Å². The van der Waals surface area contributed by atoms with Gasteiger partial charge in [0.1, 0.15) is 17.1 Å². The highest BCUT2D eigenvalue weighted by molar-refractivity contribution is 5.68. The molecular weight excluding hydrogens is 433 g/mol. The third kappa shape index (κ3) is 5.61. The van der Waals surface area contributed by atoms with E-state index in [-0.39, 0.29) is 12.1 Å². The Hall–Kier alpha value is -2.74. The monoisotopic (exact) mass is 462 g/mol. The fourth-order valence-corrected chi connectivity index (χ4v) is 4.37. The zero-order chi connectivity index (χ0) is 23.8. The van der Waals surface area contributed by atoms with Gasteiger partial charge >= 0.3 is 12.3 Å². The Bertz CT molecular complexity index is 999. The zero-order valence-corrected chi connectivity index (χ0v) is 19.1. The van der Waals surface area contributed by atoms with E-state index in [1.54, 1.807) is 4.90 Å². The number of alkyl halides is 3. The molecule has 2 heterocycles. The quantitative estimate of drug-likeness (QED) is 0.573. The molecule has 1 amide bonds. The SMILES string of the molecule is CC(C)(C)OC(=O)N1CCC(N2CCc3c(cccc3Oc3ccc(C(F)(F)F)cc3)C2)C1. The third-order valence-electron chi connectivity index (χ3n) is 5.99. The van der Waals surface area contributed by atoms with Crippen LogP contribution in [0.2, 0.25) is 0 Å². The molecule has 2 aromatic rings. The molecule has 2 aliphatic heterocycles. The van der Waals surface area contributed by atoms with Crippen molar-refractivity contribution >= 4 is 6.09 Å². The first kappa shape index (κ1) is 23.4. The van der Waals surface area contributed by atoms with Gasteiger partial charge in [-0.2, -0.15) is 13.2 Å². The number of carbonyl (C=O) groups is 1. The molecule has 8 heteroatoms. The van der Waals surface area contributed by atoms with Crippen LogP contribution in [-0.4, -0.2) is 47.2 Å². The minimum absolute atomic E-state index is 0.269. The van der Waals surface area contributed by atoms with Crippen LogP contribution in [0.3, 0.4) is 0 Å². The molecule has 0 radical (unpaired) electrons. The van der Waals surface area contributed by atoms with Gasteiger partial charge in [-0.1, -0.05) is 12.1 Å². The Labute approximate surface area is 192 Å². The molecule has 2 aromatic carbocycles. The maximum absolute atomic E-state index is 12.8. The number of fused-ring (bicyclic) bond motifs is 1. The van der Waals surface area contributed by atoms with Gasteiger partial charge in [0.2, 0.25) is 0 Å². The van der Waals surface area contributed by atoms with Gasteiger partial charge in [0, 0.05) is 37.8 Å². The molecule has 0 aliphatic carbocycles. The van der Waals surface area contributed by atoms with Gasteiger partial charge in [-0.05, 0) is 69.5 Å². The Morgan fingerprint density at radius 2 is 1.76 bits per heavy atom. The Kier molecular flexibility index (Phi) is 6.31. The molecule has 178 valence electrons. The van der Waals surface area contributed by atoms with E-state index in [4.69, 9.17) is 9.47 Å². The number of hydrogen-bond donors (Lipinski definition) is 0. The summed E-state index contributed by atoms with van der Waals surface area (Å²) in [5.41, 5.74) is 1.01. The lowest BCUT2D eigenvalue weighted by Gasteiger charge is -2.34. The van der Waals surface area contributed by atoms with Gasteiger partial charge in [0.15, 0.2) is 0 Å². The smallest absolute Gasteiger partial charge is 0.416 e. The molecular formula is C25H29F3N2O3. The lowest BCUT2D eigenvalue weighted by atomic mass is 9.97. The fourth-order valence-electron chi connectivity index (χ4n) is 4.37. The van der Waals surface area contributed by atoms with Gasteiger partial charge < -0.3 is 14.4 Å². The van der Waals surface area contributed by atoms with Gasteiger partial charge in [0.05, 0.1) is 5.56 Å². The molecule has 2 aliphatic rings. The van der Waals surface area contributed by atoms with E-state index in [1.165, 1.54) is 12.1 Å². The molecule has 0 bridgehead atoms. The van der Waals surface area contributed by atoms with E-state index in [1.807, 2.05) is 32.9 Å². The van der Waals surface area contributed by atoms with Crippen LogP contribution in [0.1, 0.15) is 43.9 Å². The Balaban J connectivity index is 1.41. The van der Waals surface area contributed by atoms with Crippen LogP contribution in [0, 0.1) is 0 Å². The molecule has 0 N–H and O–H groups in total. The number of rotatable bonds is 3. The second-order valence-corrected chi connectivity index (χ2v) is 9.61. The topological polar surface area (TPSA) is 42.0 Å². The number of hydrogen-bond acceptors (Lipinski definition) is 4. The van der Waals surface area contributed by atoms with E-state index in [9.17, 15) is 18.0 Å². The highest BCUT2D eigenvalue weighted by Gasteiger charge is 2.34. The highest BCUT2D eigenvalue weighted by Crippen LogP contribution is 2.35. The summed E-state index contributed by atoms with van der Waals surface area (Å²) < 4.78 is 49.9. The molecule has 5 nitrogen and oxygen atoms in total. The van der Waals surface area contributed by atoms with Crippen molar-refractivity contribution in [2.24, 2.45) is 0 Å². The number of amides is 1. The van der Waals surface area contributed by atoms with Crippen molar-refractivity contribution in [2.45, 2.75) is 58.0 Å². The van der Waals surface area contributed by atoms with Crippen molar-refractivity contribution in [1.82, 2.24) is 9.80 Å². The number of carbonyl (C=O) groups excluding carboxylic acids is 1. The Morgan fingerprint density at radius 3 is 2.42 bits per heavy atom. The number of benzene rings is 2. The maximum atomic E-state index is 12.8. The first-order valence-corrected chi connectivity index (χ1v) is 11.2. The van der Waals surface area contributed by atoms with E-state index in [0.29, 0.717) is 24.6 Å². The van der Waals surface area contributed by atoms with Crippen molar-refractivity contribution < 1.29 is 27.4 Å². The first-order valence-electron chi connectivity index (χ1n) is 11.2. The summed E-state index contributed by atoms with van der Waals surface area (Å²) in [5.74, 6) is 1.05. The minimum atomic E-state index is -4.37. The average molecular weight is 463 g/mol. The number of halogens is 3. The minimum Gasteiger partial charge on any atom is -0.457 e. The number of likely N-dealkylation sites (tertiary alicyclic amines) is 1. The van der Waals surface area contributed by atoms with E-state index >= 15 is 0 Å². The molecule has 33 heavy (non-hydrogen) atoms. The summed E-state index contributed by atoms with van der Waals surface area (Å²) in [6.07, 6.45) is -2.96. The third-order valence-corrected chi connectivity index (χ3v) is 5.99. The Morgan fingerprint density at radius 1 is 1.03 bits per heavy atom. The summed E-state index contributed by atoms with van der Waals surface area (Å²) in [6.45, 7) is 8.49. The summed E-state index contributed by atoms with van der Waals surface area (Å²) in [6, 6.07) is 10.8. The first-order chi connectivity index (χ1) is 15.5. The van der Waals surface area contributed by atoms with E-state index in [2.05, 4.69) is 11.0 Å². The zero-order valence-electron chi connectivity index (χ0n) is 19.1. The van der Waals surface area contributed by atoms with Crippen molar-refractivity contribution in [3.63, 3.8) is 0 Å². The average Bonchev–Trinajstić information content (AvgIpc) is 3.23. The van der Waals surface area contributed by atoms with Gasteiger partial charge in [-0.15, -0.1) is 0 Å². The molecule has 0 aromatic heterocycles. The van der Waals surface area contributed by atoms with Gasteiger partial charge in [-0.3, -0.25) is 4.90 Å². The summed E-state index contributed by atoms with van der Waals surface area (Å²) in [4.78, 5) is 16.5. The van der Waals surface area contributed by atoms with Crippen LogP contribution in [0.5, 0.6) is 11.5 Å². The molecule has 1 fully saturated rings. The summed E-state index contributed by atoms with van der Waals surface area (Å²) in [5, 5.41) is 0. The van der Waals surface area contributed by atoms with Crippen LogP contribution >= 0.6 is 0 Å². The van der Waals surface area contributed by atoms with Crippen LogP contribution in [-0.2, 0) is 23.9 Å². The normalized spacial score (nSPS) is 19.3. The molecule has 1 saturated heterocycles. The lowest BCUT2D eigenvalue weighted by molar-refractivity contribution is -0.137. The van der Waals surface area contributed by atoms with Crippen molar-refractivity contribution in [2.75, 3.05) is 19.6 Å². The summed E-state index contributed by atoms with van der Waals surface area (Å²) in [7, 11) is 0.